The van der Waals surface area contributed by atoms with E-state index in [1.165, 1.54) is 10.7 Å². The van der Waals surface area contributed by atoms with Gasteiger partial charge in [-0.25, -0.2) is 15.0 Å². The maximum absolute atomic E-state index is 4.84. The molecule has 1 aliphatic heterocycles. The van der Waals surface area contributed by atoms with Crippen LogP contribution in [0.1, 0.15) is 31.5 Å². The third kappa shape index (κ3) is 3.33. The number of rotatable bonds is 3. The Morgan fingerprint density at radius 3 is 2.58 bits per heavy atom. The van der Waals surface area contributed by atoms with Crippen molar-refractivity contribution in [3.8, 4) is 0 Å². The average Bonchev–Trinajstić information content (AvgIpc) is 3.23. The topological polar surface area (TPSA) is 50.1 Å². The zero-order valence-corrected chi connectivity index (χ0v) is 16.8. The highest BCUT2D eigenvalue weighted by atomic mass is 32.1. The molecule has 3 aromatic rings. The molecule has 4 rings (SSSR count). The molecular formula is C19H26N6S. The van der Waals surface area contributed by atoms with Gasteiger partial charge in [-0.2, -0.15) is 0 Å². The fraction of sp³-hybridized carbons (Fsp3) is 0.526. The number of fused-ring (bicyclic) bond motifs is 1. The van der Waals surface area contributed by atoms with Crippen molar-refractivity contribution in [1.82, 2.24) is 24.4 Å². The summed E-state index contributed by atoms with van der Waals surface area (Å²) in [5.74, 6) is 1.06. The molecule has 0 aliphatic carbocycles. The average molecular weight is 371 g/mol. The Kier molecular flexibility index (Phi) is 4.44. The molecule has 6 nitrogen and oxygen atoms in total. The molecule has 0 spiro atoms. The quantitative estimate of drug-likeness (QED) is 0.709. The van der Waals surface area contributed by atoms with Crippen LogP contribution in [0.15, 0.2) is 24.0 Å². The number of hydrogen-bond donors (Lipinski definition) is 0. The van der Waals surface area contributed by atoms with E-state index in [2.05, 4.69) is 52.0 Å². The Balaban J connectivity index is 1.42. The molecule has 0 amide bonds. The first kappa shape index (κ1) is 17.4. The fourth-order valence-corrected chi connectivity index (χ4v) is 4.42. The van der Waals surface area contributed by atoms with E-state index in [0.29, 0.717) is 0 Å². The van der Waals surface area contributed by atoms with Crippen molar-refractivity contribution in [2.75, 3.05) is 31.1 Å². The molecule has 3 aromatic heterocycles. The summed E-state index contributed by atoms with van der Waals surface area (Å²) in [6, 6.07) is 2.11. The van der Waals surface area contributed by atoms with Gasteiger partial charge in [0.25, 0.3) is 0 Å². The van der Waals surface area contributed by atoms with Gasteiger partial charge in [0.2, 0.25) is 0 Å². The largest absolute Gasteiger partial charge is 0.353 e. The van der Waals surface area contributed by atoms with E-state index in [1.54, 1.807) is 17.7 Å². The van der Waals surface area contributed by atoms with Crippen LogP contribution in [0.25, 0.3) is 11.0 Å². The van der Waals surface area contributed by atoms with Crippen molar-refractivity contribution in [3.05, 3.63) is 34.7 Å². The first-order valence-electron chi connectivity index (χ1n) is 9.10. The summed E-state index contributed by atoms with van der Waals surface area (Å²) in [6.45, 7) is 11.6. The van der Waals surface area contributed by atoms with Gasteiger partial charge in [-0.3, -0.25) is 4.90 Å². The molecule has 0 aromatic carbocycles. The molecule has 0 bridgehead atoms. The number of nitrogens with zero attached hydrogens (tertiary/aromatic N) is 6. The molecule has 138 valence electrons. The molecule has 7 heteroatoms. The summed E-state index contributed by atoms with van der Waals surface area (Å²) in [7, 11) is 2.02. The van der Waals surface area contributed by atoms with E-state index in [4.69, 9.17) is 4.98 Å². The van der Waals surface area contributed by atoms with Crippen molar-refractivity contribution in [2.45, 2.75) is 32.7 Å². The molecule has 0 radical (unpaired) electrons. The highest BCUT2D eigenvalue weighted by molar-refractivity contribution is 7.09. The zero-order chi connectivity index (χ0) is 18.3. The van der Waals surface area contributed by atoms with Gasteiger partial charge in [-0.1, -0.05) is 20.8 Å². The predicted molar refractivity (Wildman–Crippen MR) is 107 cm³/mol. The lowest BCUT2D eigenvalue weighted by atomic mass is 9.93. The van der Waals surface area contributed by atoms with E-state index in [0.717, 1.165) is 49.6 Å². The molecule has 1 saturated heterocycles. The lowest BCUT2D eigenvalue weighted by Gasteiger charge is -2.35. The van der Waals surface area contributed by atoms with E-state index >= 15 is 0 Å². The SMILES string of the molecule is Cn1ccc2c(N3CCN(Cc4nc(C(C)(C)C)cs4)CC3)ncnc21. The van der Waals surface area contributed by atoms with Gasteiger partial charge in [0.15, 0.2) is 0 Å². The highest BCUT2D eigenvalue weighted by Crippen LogP contribution is 2.26. The molecule has 0 N–H and O–H groups in total. The Morgan fingerprint density at radius 1 is 1.12 bits per heavy atom. The number of aryl methyl sites for hydroxylation is 1. The second kappa shape index (κ2) is 6.63. The van der Waals surface area contributed by atoms with Gasteiger partial charge < -0.3 is 9.47 Å². The van der Waals surface area contributed by atoms with Gasteiger partial charge in [0, 0.05) is 50.2 Å². The highest BCUT2D eigenvalue weighted by Gasteiger charge is 2.22. The summed E-state index contributed by atoms with van der Waals surface area (Å²) in [6.07, 6.45) is 3.72. The van der Waals surface area contributed by atoms with Crippen LogP contribution in [-0.4, -0.2) is 50.6 Å². The maximum atomic E-state index is 4.84. The summed E-state index contributed by atoms with van der Waals surface area (Å²) in [5.41, 5.74) is 2.32. The number of piperazine rings is 1. The van der Waals surface area contributed by atoms with E-state index < -0.39 is 0 Å². The maximum Gasteiger partial charge on any atom is 0.145 e. The Morgan fingerprint density at radius 2 is 1.88 bits per heavy atom. The van der Waals surface area contributed by atoms with Crippen LogP contribution in [-0.2, 0) is 19.0 Å². The third-order valence-corrected chi connectivity index (χ3v) is 5.83. The zero-order valence-electron chi connectivity index (χ0n) is 15.9. The normalized spacial score (nSPS) is 16.5. The molecular weight excluding hydrogens is 344 g/mol. The van der Waals surface area contributed by atoms with Gasteiger partial charge in [0.1, 0.15) is 22.8 Å². The Hall–Kier alpha value is -1.99. The molecule has 4 heterocycles. The van der Waals surface area contributed by atoms with Crippen molar-refractivity contribution < 1.29 is 0 Å². The van der Waals surface area contributed by atoms with Crippen LogP contribution in [0, 0.1) is 0 Å². The number of anilines is 1. The first-order chi connectivity index (χ1) is 12.4. The van der Waals surface area contributed by atoms with Gasteiger partial charge >= 0.3 is 0 Å². The standard InChI is InChI=1S/C19H26N6S/c1-19(2,3)15-12-26-16(22-15)11-24-7-9-25(10-8-24)18-14-5-6-23(4)17(14)20-13-21-18/h5-6,12-13H,7-11H2,1-4H3. The smallest absolute Gasteiger partial charge is 0.145 e. The van der Waals surface area contributed by atoms with Gasteiger partial charge in [-0.15, -0.1) is 11.3 Å². The summed E-state index contributed by atoms with van der Waals surface area (Å²) < 4.78 is 2.05. The summed E-state index contributed by atoms with van der Waals surface area (Å²) in [5, 5.41) is 4.56. The minimum absolute atomic E-state index is 0.127. The molecule has 0 unspecified atom stereocenters. The lowest BCUT2D eigenvalue weighted by Crippen LogP contribution is -2.46. The number of thiazole rings is 1. The van der Waals surface area contributed by atoms with E-state index in [1.807, 2.05) is 17.8 Å². The van der Waals surface area contributed by atoms with Crippen molar-refractivity contribution in [2.24, 2.45) is 7.05 Å². The van der Waals surface area contributed by atoms with Gasteiger partial charge in [0.05, 0.1) is 17.6 Å². The summed E-state index contributed by atoms with van der Waals surface area (Å²) >= 11 is 1.78. The molecule has 1 fully saturated rings. The van der Waals surface area contributed by atoms with Crippen LogP contribution in [0.2, 0.25) is 0 Å². The van der Waals surface area contributed by atoms with Crippen molar-refractivity contribution in [1.29, 1.82) is 0 Å². The van der Waals surface area contributed by atoms with Crippen LogP contribution in [0.3, 0.4) is 0 Å². The second-order valence-corrected chi connectivity index (χ2v) is 8.94. The van der Waals surface area contributed by atoms with Crippen LogP contribution >= 0.6 is 11.3 Å². The third-order valence-electron chi connectivity index (χ3n) is 4.99. The van der Waals surface area contributed by atoms with Gasteiger partial charge in [-0.05, 0) is 6.07 Å². The molecule has 0 saturated carbocycles. The monoisotopic (exact) mass is 370 g/mol. The minimum Gasteiger partial charge on any atom is -0.353 e. The Labute approximate surface area is 158 Å². The predicted octanol–water partition coefficient (Wildman–Crippen LogP) is 3.04. The van der Waals surface area contributed by atoms with E-state index in [-0.39, 0.29) is 5.41 Å². The molecule has 26 heavy (non-hydrogen) atoms. The Bertz CT molecular complexity index is 898. The second-order valence-electron chi connectivity index (χ2n) is 8.00. The fourth-order valence-electron chi connectivity index (χ4n) is 3.35. The first-order valence-corrected chi connectivity index (χ1v) is 9.98. The van der Waals surface area contributed by atoms with Crippen LogP contribution < -0.4 is 4.90 Å². The van der Waals surface area contributed by atoms with Crippen LogP contribution in [0.5, 0.6) is 0 Å². The van der Waals surface area contributed by atoms with Crippen molar-refractivity contribution in [3.63, 3.8) is 0 Å². The lowest BCUT2D eigenvalue weighted by molar-refractivity contribution is 0.249. The van der Waals surface area contributed by atoms with Crippen LogP contribution in [0.4, 0.5) is 5.82 Å². The van der Waals surface area contributed by atoms with E-state index in [9.17, 15) is 0 Å². The number of hydrogen-bond acceptors (Lipinski definition) is 6. The molecule has 1 aliphatic rings. The van der Waals surface area contributed by atoms with Crippen molar-refractivity contribution >= 4 is 28.2 Å². The number of aromatic nitrogens is 4. The molecule has 0 atom stereocenters. The minimum atomic E-state index is 0.127. The summed E-state index contributed by atoms with van der Waals surface area (Å²) in [4.78, 5) is 18.7.